The Balaban J connectivity index is 1.38. The molecule has 6 rings (SSSR count). The van der Waals surface area contributed by atoms with Gasteiger partial charge in [0.15, 0.2) is 5.78 Å². The van der Waals surface area contributed by atoms with Crippen molar-refractivity contribution in [1.29, 1.82) is 0 Å². The number of nitrogen functional groups attached to an aromatic ring is 1. The number of fused-ring (bicyclic) bond motifs is 2. The largest absolute Gasteiger partial charge is 0.478 e. The van der Waals surface area contributed by atoms with Crippen LogP contribution in [0.2, 0.25) is 0 Å². The van der Waals surface area contributed by atoms with Crippen LogP contribution in [-0.4, -0.2) is 59.1 Å². The van der Waals surface area contributed by atoms with Crippen molar-refractivity contribution in [1.82, 2.24) is 4.90 Å². The SMILES string of the molecule is Nc1c(N2CCN(C3CCCCC3)CC2)cc(Nc2ccc(C(=O)O)cc2)c2c1C(O)c1ccccc1C2=O. The summed E-state index contributed by atoms with van der Waals surface area (Å²) in [6, 6.07) is 16.1. The van der Waals surface area contributed by atoms with Gasteiger partial charge in [-0.2, -0.15) is 0 Å². The molecular formula is C31H34N4O4. The molecule has 1 saturated heterocycles. The van der Waals surface area contributed by atoms with Gasteiger partial charge in [0, 0.05) is 49.0 Å². The second kappa shape index (κ2) is 10.4. The van der Waals surface area contributed by atoms with Crippen molar-refractivity contribution in [2.45, 2.75) is 44.2 Å². The third-order valence-corrected chi connectivity index (χ3v) is 8.54. The average Bonchev–Trinajstić information content (AvgIpc) is 2.97. The van der Waals surface area contributed by atoms with Gasteiger partial charge in [0.1, 0.15) is 6.10 Å². The minimum Gasteiger partial charge on any atom is -0.478 e. The van der Waals surface area contributed by atoms with Gasteiger partial charge in [-0.05, 0) is 48.7 Å². The van der Waals surface area contributed by atoms with Gasteiger partial charge in [0.05, 0.1) is 28.2 Å². The molecule has 1 atom stereocenters. The molecule has 0 aromatic heterocycles. The van der Waals surface area contributed by atoms with Gasteiger partial charge in [-0.15, -0.1) is 0 Å². The molecule has 39 heavy (non-hydrogen) atoms. The highest BCUT2D eigenvalue weighted by Crippen LogP contribution is 2.46. The number of anilines is 4. The Kier molecular flexibility index (Phi) is 6.74. The van der Waals surface area contributed by atoms with Crippen LogP contribution in [0.4, 0.5) is 22.7 Å². The molecule has 3 aromatic rings. The van der Waals surface area contributed by atoms with E-state index in [1.54, 1.807) is 30.3 Å². The minimum absolute atomic E-state index is 0.178. The highest BCUT2D eigenvalue weighted by atomic mass is 16.4. The number of aliphatic hydroxyl groups excluding tert-OH is 1. The van der Waals surface area contributed by atoms with E-state index in [0.29, 0.717) is 45.4 Å². The number of hydrogen-bond donors (Lipinski definition) is 4. The zero-order chi connectivity index (χ0) is 27.1. The maximum atomic E-state index is 13.8. The zero-order valence-electron chi connectivity index (χ0n) is 21.9. The first-order chi connectivity index (χ1) is 18.9. The topological polar surface area (TPSA) is 119 Å². The van der Waals surface area contributed by atoms with E-state index in [4.69, 9.17) is 5.73 Å². The number of nitrogens with zero attached hydrogens (tertiary/aromatic N) is 2. The van der Waals surface area contributed by atoms with Gasteiger partial charge in [-0.25, -0.2) is 4.79 Å². The van der Waals surface area contributed by atoms with Crippen LogP contribution in [0.1, 0.15) is 75.6 Å². The predicted octanol–water partition coefficient (Wildman–Crippen LogP) is 4.79. The number of nitrogens with two attached hydrogens (primary N) is 1. The molecule has 1 heterocycles. The second-order valence-corrected chi connectivity index (χ2v) is 10.8. The average molecular weight is 527 g/mol. The number of carbonyl (C=O) groups is 2. The molecule has 3 aromatic carbocycles. The first-order valence-electron chi connectivity index (χ1n) is 13.8. The molecule has 1 unspecified atom stereocenters. The molecule has 0 bridgehead atoms. The van der Waals surface area contributed by atoms with Crippen LogP contribution in [0.25, 0.3) is 0 Å². The molecule has 0 amide bonds. The van der Waals surface area contributed by atoms with E-state index in [0.717, 1.165) is 31.9 Å². The van der Waals surface area contributed by atoms with E-state index in [2.05, 4.69) is 15.1 Å². The molecule has 0 spiro atoms. The maximum absolute atomic E-state index is 13.8. The summed E-state index contributed by atoms with van der Waals surface area (Å²) in [5.74, 6) is -1.20. The predicted molar refractivity (Wildman–Crippen MR) is 152 cm³/mol. The molecule has 8 nitrogen and oxygen atoms in total. The third-order valence-electron chi connectivity index (χ3n) is 8.54. The lowest BCUT2D eigenvalue weighted by atomic mass is 9.80. The lowest BCUT2D eigenvalue weighted by Crippen LogP contribution is -2.51. The molecule has 8 heteroatoms. The van der Waals surface area contributed by atoms with Crippen molar-refractivity contribution in [2.24, 2.45) is 0 Å². The van der Waals surface area contributed by atoms with Crippen LogP contribution < -0.4 is 16.0 Å². The summed E-state index contributed by atoms with van der Waals surface area (Å²) in [5, 5.41) is 24.1. The number of rotatable bonds is 5. The van der Waals surface area contributed by atoms with Gasteiger partial charge in [-0.3, -0.25) is 9.69 Å². The Morgan fingerprint density at radius 1 is 0.949 bits per heavy atom. The van der Waals surface area contributed by atoms with E-state index in [-0.39, 0.29) is 11.3 Å². The van der Waals surface area contributed by atoms with E-state index >= 15 is 0 Å². The fourth-order valence-corrected chi connectivity index (χ4v) is 6.45. The van der Waals surface area contributed by atoms with Gasteiger partial charge >= 0.3 is 5.97 Å². The molecule has 202 valence electrons. The number of carboxylic acid groups (broad SMARTS) is 1. The highest BCUT2D eigenvalue weighted by molar-refractivity contribution is 6.17. The van der Waals surface area contributed by atoms with Gasteiger partial charge < -0.3 is 26.2 Å². The van der Waals surface area contributed by atoms with Crippen molar-refractivity contribution in [3.63, 3.8) is 0 Å². The lowest BCUT2D eigenvalue weighted by Gasteiger charge is -2.42. The standard InChI is InChI=1S/C31H34N4O4/c32-28-25(35-16-14-34(15-17-35)21-6-2-1-3-7-21)18-24(33-20-12-10-19(11-13-20)31(38)39)26-27(28)30(37)23-9-5-4-8-22(23)29(26)36/h4-5,8-13,18,21,30,33,37H,1-3,6-7,14-17,32H2,(H,38,39). The Bertz CT molecular complexity index is 1410. The molecule has 3 aliphatic rings. The molecule has 1 saturated carbocycles. The van der Waals surface area contributed by atoms with Crippen molar-refractivity contribution < 1.29 is 19.8 Å². The number of carboxylic acids is 1. The Hall–Kier alpha value is -3.88. The minimum atomic E-state index is -1.03. The van der Waals surface area contributed by atoms with E-state index < -0.39 is 12.1 Å². The van der Waals surface area contributed by atoms with Crippen molar-refractivity contribution >= 4 is 34.5 Å². The van der Waals surface area contributed by atoms with Crippen LogP contribution in [0.5, 0.6) is 0 Å². The number of aliphatic hydroxyl groups is 1. The highest BCUT2D eigenvalue weighted by Gasteiger charge is 2.36. The second-order valence-electron chi connectivity index (χ2n) is 10.8. The monoisotopic (exact) mass is 526 g/mol. The lowest BCUT2D eigenvalue weighted by molar-refractivity contribution is 0.0696. The van der Waals surface area contributed by atoms with Crippen molar-refractivity contribution in [3.05, 3.63) is 82.4 Å². The van der Waals surface area contributed by atoms with Crippen LogP contribution in [-0.2, 0) is 0 Å². The van der Waals surface area contributed by atoms with Gasteiger partial charge in [-0.1, -0.05) is 43.5 Å². The molecule has 5 N–H and O–H groups in total. The molecule has 2 fully saturated rings. The normalized spacial score (nSPS) is 19.9. The van der Waals surface area contributed by atoms with Gasteiger partial charge in [0.25, 0.3) is 0 Å². The number of nitrogens with one attached hydrogen (secondary N) is 1. The Labute approximate surface area is 228 Å². The Morgan fingerprint density at radius 3 is 2.33 bits per heavy atom. The summed E-state index contributed by atoms with van der Waals surface area (Å²) in [6.07, 6.45) is 5.44. The smallest absolute Gasteiger partial charge is 0.335 e. The number of piperazine rings is 1. The zero-order valence-corrected chi connectivity index (χ0v) is 21.9. The van der Waals surface area contributed by atoms with E-state index in [9.17, 15) is 19.8 Å². The van der Waals surface area contributed by atoms with Crippen LogP contribution in [0.3, 0.4) is 0 Å². The molecule has 1 aliphatic heterocycles. The summed E-state index contributed by atoms with van der Waals surface area (Å²) in [5.41, 5.74) is 11.2. The first kappa shape index (κ1) is 25.4. The quantitative estimate of drug-likeness (QED) is 0.351. The van der Waals surface area contributed by atoms with Crippen LogP contribution in [0.15, 0.2) is 54.6 Å². The number of benzene rings is 3. The van der Waals surface area contributed by atoms with Crippen LogP contribution in [0, 0.1) is 0 Å². The molecule has 2 aliphatic carbocycles. The van der Waals surface area contributed by atoms with Crippen molar-refractivity contribution in [2.75, 3.05) is 42.1 Å². The van der Waals surface area contributed by atoms with Gasteiger partial charge in [0.2, 0.25) is 0 Å². The van der Waals surface area contributed by atoms with E-state index in [1.807, 2.05) is 12.1 Å². The molecule has 0 radical (unpaired) electrons. The summed E-state index contributed by atoms with van der Waals surface area (Å²) >= 11 is 0. The van der Waals surface area contributed by atoms with Crippen molar-refractivity contribution in [3.8, 4) is 0 Å². The first-order valence-corrected chi connectivity index (χ1v) is 13.8. The number of ketones is 1. The summed E-state index contributed by atoms with van der Waals surface area (Å²) in [6.45, 7) is 3.52. The number of hydrogen-bond acceptors (Lipinski definition) is 7. The third kappa shape index (κ3) is 4.64. The number of aromatic carboxylic acids is 1. The summed E-state index contributed by atoms with van der Waals surface area (Å²) in [4.78, 5) is 29.9. The summed E-state index contributed by atoms with van der Waals surface area (Å²) < 4.78 is 0. The fraction of sp³-hybridized carbons (Fsp3) is 0.355. The fourth-order valence-electron chi connectivity index (χ4n) is 6.45. The Morgan fingerprint density at radius 2 is 1.64 bits per heavy atom. The number of carbonyl (C=O) groups excluding carboxylic acids is 1. The maximum Gasteiger partial charge on any atom is 0.335 e. The van der Waals surface area contributed by atoms with Crippen LogP contribution >= 0.6 is 0 Å². The molecular weight excluding hydrogens is 492 g/mol. The summed E-state index contributed by atoms with van der Waals surface area (Å²) in [7, 11) is 0. The van der Waals surface area contributed by atoms with E-state index in [1.165, 1.54) is 44.2 Å².